The second-order valence-corrected chi connectivity index (χ2v) is 4.15. The van der Waals surface area contributed by atoms with Crippen molar-refractivity contribution in [3.8, 4) is 0 Å². The monoisotopic (exact) mass is 235 g/mol. The Labute approximate surface area is 100 Å². The van der Waals surface area contributed by atoms with Crippen LogP contribution in [0.25, 0.3) is 0 Å². The molecule has 0 bridgehead atoms. The van der Waals surface area contributed by atoms with Crippen LogP contribution in [0.1, 0.15) is 23.3 Å². The molecule has 1 aliphatic rings. The van der Waals surface area contributed by atoms with E-state index in [1.807, 2.05) is 0 Å². The molecule has 1 saturated heterocycles. The SMILES string of the molecule is Nc1ccc(C(=O)NCCN2CCCC2)nn1. The molecule has 0 saturated carbocycles. The van der Waals surface area contributed by atoms with Crippen LogP contribution in [0, 0.1) is 0 Å². The third kappa shape index (κ3) is 3.39. The summed E-state index contributed by atoms with van der Waals surface area (Å²) >= 11 is 0. The molecule has 0 atom stereocenters. The van der Waals surface area contributed by atoms with E-state index < -0.39 is 0 Å². The van der Waals surface area contributed by atoms with E-state index in [1.165, 1.54) is 12.8 Å². The molecule has 1 fully saturated rings. The summed E-state index contributed by atoms with van der Waals surface area (Å²) in [5.74, 6) is 0.121. The van der Waals surface area contributed by atoms with E-state index in [0.29, 0.717) is 18.1 Å². The summed E-state index contributed by atoms with van der Waals surface area (Å²) in [5.41, 5.74) is 5.70. The number of rotatable bonds is 4. The molecule has 2 heterocycles. The standard InChI is InChI=1S/C11H17N5O/c12-10-4-3-9(14-15-10)11(17)13-5-8-16-6-1-2-7-16/h3-4H,1-2,5-8H2,(H2,12,15)(H,13,17). The number of likely N-dealkylation sites (tertiary alicyclic amines) is 1. The molecule has 0 unspecified atom stereocenters. The molecule has 6 heteroatoms. The lowest BCUT2D eigenvalue weighted by Gasteiger charge is -2.14. The van der Waals surface area contributed by atoms with Crippen LogP contribution in [0.2, 0.25) is 0 Å². The van der Waals surface area contributed by atoms with Crippen LogP contribution in [0.3, 0.4) is 0 Å². The molecule has 1 aromatic heterocycles. The van der Waals surface area contributed by atoms with E-state index in [9.17, 15) is 4.79 Å². The van der Waals surface area contributed by atoms with E-state index in [1.54, 1.807) is 12.1 Å². The van der Waals surface area contributed by atoms with E-state index in [-0.39, 0.29) is 5.91 Å². The first-order chi connectivity index (χ1) is 8.25. The van der Waals surface area contributed by atoms with Crippen molar-refractivity contribution in [2.24, 2.45) is 0 Å². The van der Waals surface area contributed by atoms with Gasteiger partial charge in [0.2, 0.25) is 0 Å². The van der Waals surface area contributed by atoms with Crippen molar-refractivity contribution in [2.45, 2.75) is 12.8 Å². The number of hydrogen-bond donors (Lipinski definition) is 2. The number of carbonyl (C=O) groups is 1. The van der Waals surface area contributed by atoms with Gasteiger partial charge in [0.15, 0.2) is 5.69 Å². The smallest absolute Gasteiger partial charge is 0.271 e. The second-order valence-electron chi connectivity index (χ2n) is 4.15. The van der Waals surface area contributed by atoms with Gasteiger partial charge in [-0.25, -0.2) is 0 Å². The lowest BCUT2D eigenvalue weighted by Crippen LogP contribution is -2.33. The predicted molar refractivity (Wildman–Crippen MR) is 64.5 cm³/mol. The third-order valence-electron chi connectivity index (χ3n) is 2.83. The van der Waals surface area contributed by atoms with Crippen molar-refractivity contribution < 1.29 is 4.79 Å². The second kappa shape index (κ2) is 5.58. The fourth-order valence-corrected chi connectivity index (χ4v) is 1.89. The van der Waals surface area contributed by atoms with E-state index in [4.69, 9.17) is 5.73 Å². The van der Waals surface area contributed by atoms with Crippen LogP contribution in [0.5, 0.6) is 0 Å². The molecule has 3 N–H and O–H groups in total. The maximum Gasteiger partial charge on any atom is 0.271 e. The Hall–Kier alpha value is -1.69. The van der Waals surface area contributed by atoms with Crippen LogP contribution in [-0.4, -0.2) is 47.2 Å². The number of carbonyl (C=O) groups excluding carboxylic acids is 1. The Morgan fingerprint density at radius 3 is 2.76 bits per heavy atom. The Balaban J connectivity index is 1.75. The van der Waals surface area contributed by atoms with Crippen LogP contribution in [-0.2, 0) is 0 Å². The zero-order chi connectivity index (χ0) is 12.1. The first-order valence-corrected chi connectivity index (χ1v) is 5.85. The summed E-state index contributed by atoms with van der Waals surface area (Å²) in [6.07, 6.45) is 2.52. The fraction of sp³-hybridized carbons (Fsp3) is 0.545. The maximum absolute atomic E-state index is 11.7. The minimum absolute atomic E-state index is 0.198. The van der Waals surface area contributed by atoms with Gasteiger partial charge in [-0.15, -0.1) is 10.2 Å². The molecule has 1 amide bonds. The summed E-state index contributed by atoms with van der Waals surface area (Å²) in [7, 11) is 0. The molecule has 0 aromatic carbocycles. The van der Waals surface area contributed by atoms with Crippen molar-refractivity contribution in [2.75, 3.05) is 31.9 Å². The van der Waals surface area contributed by atoms with Gasteiger partial charge in [0.1, 0.15) is 5.82 Å². The topological polar surface area (TPSA) is 84.1 Å². The Morgan fingerprint density at radius 2 is 2.12 bits per heavy atom. The predicted octanol–water partition coefficient (Wildman–Crippen LogP) is -0.116. The molecule has 1 aromatic rings. The van der Waals surface area contributed by atoms with Crippen molar-refractivity contribution in [1.29, 1.82) is 0 Å². The summed E-state index contributed by atoms with van der Waals surface area (Å²) < 4.78 is 0. The number of anilines is 1. The Bertz CT molecular complexity index is 372. The Morgan fingerprint density at radius 1 is 1.35 bits per heavy atom. The highest BCUT2D eigenvalue weighted by Gasteiger charge is 2.12. The number of nitrogens with two attached hydrogens (primary N) is 1. The van der Waals surface area contributed by atoms with Gasteiger partial charge in [-0.2, -0.15) is 0 Å². The average molecular weight is 235 g/mol. The minimum atomic E-state index is -0.198. The maximum atomic E-state index is 11.7. The number of aromatic nitrogens is 2. The van der Waals surface area contributed by atoms with Gasteiger partial charge in [-0.1, -0.05) is 0 Å². The van der Waals surface area contributed by atoms with Gasteiger partial charge in [0.25, 0.3) is 5.91 Å². The van der Waals surface area contributed by atoms with Gasteiger partial charge >= 0.3 is 0 Å². The van der Waals surface area contributed by atoms with Crippen LogP contribution >= 0.6 is 0 Å². The van der Waals surface area contributed by atoms with Crippen LogP contribution in [0.4, 0.5) is 5.82 Å². The molecular weight excluding hydrogens is 218 g/mol. The average Bonchev–Trinajstić information content (AvgIpc) is 2.83. The highest BCUT2D eigenvalue weighted by Crippen LogP contribution is 2.05. The summed E-state index contributed by atoms with van der Waals surface area (Å²) in [5, 5.41) is 10.2. The number of amides is 1. The normalized spacial score (nSPS) is 16.0. The summed E-state index contributed by atoms with van der Waals surface area (Å²) in [6.45, 7) is 3.81. The van der Waals surface area contributed by atoms with Crippen molar-refractivity contribution in [1.82, 2.24) is 20.4 Å². The molecule has 0 radical (unpaired) electrons. The van der Waals surface area contributed by atoms with E-state index in [2.05, 4.69) is 20.4 Å². The number of nitrogen functional groups attached to an aromatic ring is 1. The molecule has 6 nitrogen and oxygen atoms in total. The van der Waals surface area contributed by atoms with Gasteiger partial charge in [0, 0.05) is 13.1 Å². The third-order valence-corrected chi connectivity index (χ3v) is 2.83. The molecule has 2 rings (SSSR count). The first-order valence-electron chi connectivity index (χ1n) is 5.85. The lowest BCUT2D eigenvalue weighted by molar-refractivity contribution is 0.0944. The molecule has 1 aliphatic heterocycles. The largest absolute Gasteiger partial charge is 0.382 e. The highest BCUT2D eigenvalue weighted by atomic mass is 16.1. The molecule has 0 spiro atoms. The van der Waals surface area contributed by atoms with Crippen molar-refractivity contribution >= 4 is 11.7 Å². The van der Waals surface area contributed by atoms with Crippen molar-refractivity contribution in [3.63, 3.8) is 0 Å². The van der Waals surface area contributed by atoms with Crippen LogP contribution < -0.4 is 11.1 Å². The molecular formula is C11H17N5O. The number of hydrogen-bond acceptors (Lipinski definition) is 5. The van der Waals surface area contributed by atoms with Gasteiger partial charge in [-0.05, 0) is 38.1 Å². The lowest BCUT2D eigenvalue weighted by atomic mass is 10.3. The van der Waals surface area contributed by atoms with Gasteiger partial charge < -0.3 is 16.0 Å². The molecule has 92 valence electrons. The van der Waals surface area contributed by atoms with Crippen molar-refractivity contribution in [3.05, 3.63) is 17.8 Å². The molecule has 17 heavy (non-hydrogen) atoms. The zero-order valence-electron chi connectivity index (χ0n) is 9.72. The summed E-state index contributed by atoms with van der Waals surface area (Å²) in [4.78, 5) is 14.0. The van der Waals surface area contributed by atoms with Crippen LogP contribution in [0.15, 0.2) is 12.1 Å². The van der Waals surface area contributed by atoms with E-state index in [0.717, 1.165) is 19.6 Å². The van der Waals surface area contributed by atoms with E-state index >= 15 is 0 Å². The van der Waals surface area contributed by atoms with Gasteiger partial charge in [0.05, 0.1) is 0 Å². The quantitative estimate of drug-likeness (QED) is 0.760. The number of nitrogens with one attached hydrogen (secondary N) is 1. The Kier molecular flexibility index (Phi) is 3.87. The first kappa shape index (κ1) is 11.8. The van der Waals surface area contributed by atoms with Gasteiger partial charge in [-0.3, -0.25) is 4.79 Å². The molecule has 0 aliphatic carbocycles. The highest BCUT2D eigenvalue weighted by molar-refractivity contribution is 5.92. The summed E-state index contributed by atoms with van der Waals surface area (Å²) in [6, 6.07) is 3.15. The fourth-order valence-electron chi connectivity index (χ4n) is 1.89. The zero-order valence-corrected chi connectivity index (χ0v) is 9.72. The number of nitrogens with zero attached hydrogens (tertiary/aromatic N) is 3. The minimum Gasteiger partial charge on any atom is -0.382 e.